The Morgan fingerprint density at radius 1 is 1.65 bits per heavy atom. The molecule has 0 unspecified atom stereocenters. The van der Waals surface area contributed by atoms with Gasteiger partial charge >= 0.3 is 0 Å². The monoisotopic (exact) mass is 254 g/mol. The lowest BCUT2D eigenvalue weighted by Gasteiger charge is -2.20. The summed E-state index contributed by atoms with van der Waals surface area (Å²) in [6, 6.07) is 3.60. The van der Waals surface area contributed by atoms with Crippen molar-refractivity contribution in [3.63, 3.8) is 0 Å². The molecule has 0 aliphatic heterocycles. The Kier molecular flexibility index (Phi) is 3.49. The van der Waals surface area contributed by atoms with Gasteiger partial charge in [-0.3, -0.25) is 4.79 Å². The van der Waals surface area contributed by atoms with E-state index in [2.05, 4.69) is 10.4 Å². The second kappa shape index (κ2) is 4.89. The number of hydrogen-bond donors (Lipinski definition) is 2. The van der Waals surface area contributed by atoms with Crippen LogP contribution in [-0.4, -0.2) is 28.4 Å². The highest BCUT2D eigenvalue weighted by Crippen LogP contribution is 2.29. The molecule has 1 heterocycles. The van der Waals surface area contributed by atoms with Crippen LogP contribution in [0.25, 0.3) is 0 Å². The molecule has 0 saturated heterocycles. The highest BCUT2D eigenvalue weighted by molar-refractivity contribution is 6.33. The molecule has 0 radical (unpaired) electrons. The van der Waals surface area contributed by atoms with Crippen molar-refractivity contribution < 1.29 is 4.79 Å². The van der Waals surface area contributed by atoms with E-state index in [0.29, 0.717) is 23.4 Å². The first-order valence-corrected chi connectivity index (χ1v) is 5.99. The van der Waals surface area contributed by atoms with Gasteiger partial charge in [-0.2, -0.15) is 0 Å². The van der Waals surface area contributed by atoms with Crippen molar-refractivity contribution in [1.29, 1.82) is 0 Å². The lowest BCUT2D eigenvalue weighted by atomic mass is 10.3. The van der Waals surface area contributed by atoms with Crippen molar-refractivity contribution in [2.24, 2.45) is 5.84 Å². The van der Waals surface area contributed by atoms with E-state index in [1.165, 1.54) is 0 Å². The van der Waals surface area contributed by atoms with Crippen LogP contribution in [0.4, 0.5) is 5.82 Å². The highest BCUT2D eigenvalue weighted by Gasteiger charge is 2.33. The summed E-state index contributed by atoms with van der Waals surface area (Å²) in [6.45, 7) is 2.62. The first-order valence-electron chi connectivity index (χ1n) is 5.61. The Morgan fingerprint density at radius 2 is 2.35 bits per heavy atom. The van der Waals surface area contributed by atoms with E-state index in [9.17, 15) is 4.79 Å². The van der Waals surface area contributed by atoms with E-state index < -0.39 is 0 Å². The number of nitrogens with zero attached hydrogens (tertiary/aromatic N) is 2. The SMILES string of the molecule is CCN(C(=O)c1nc(NN)ccc1Cl)C1CC1. The number of hydrazine groups is 1. The maximum absolute atomic E-state index is 12.3. The fourth-order valence-electron chi connectivity index (χ4n) is 1.76. The quantitative estimate of drug-likeness (QED) is 0.633. The van der Waals surface area contributed by atoms with E-state index in [0.717, 1.165) is 12.8 Å². The zero-order valence-electron chi connectivity index (χ0n) is 9.61. The number of nitrogens with one attached hydrogen (secondary N) is 1. The molecule has 5 nitrogen and oxygen atoms in total. The molecule has 1 amide bonds. The molecule has 1 aliphatic carbocycles. The number of carbonyl (C=O) groups is 1. The Bertz CT molecular complexity index is 433. The van der Waals surface area contributed by atoms with Crippen LogP contribution in [-0.2, 0) is 0 Å². The molecule has 1 aliphatic rings. The van der Waals surface area contributed by atoms with E-state index in [1.54, 1.807) is 17.0 Å². The topological polar surface area (TPSA) is 71.2 Å². The summed E-state index contributed by atoms with van der Waals surface area (Å²) in [6.07, 6.45) is 2.12. The van der Waals surface area contributed by atoms with Crippen LogP contribution in [0.2, 0.25) is 5.02 Å². The van der Waals surface area contributed by atoms with Gasteiger partial charge in [0.05, 0.1) is 5.02 Å². The number of halogens is 1. The zero-order chi connectivity index (χ0) is 12.4. The Labute approximate surface area is 105 Å². The van der Waals surface area contributed by atoms with Gasteiger partial charge in [0.1, 0.15) is 11.5 Å². The number of hydrogen-bond acceptors (Lipinski definition) is 4. The zero-order valence-corrected chi connectivity index (χ0v) is 10.4. The predicted molar refractivity (Wildman–Crippen MR) is 66.8 cm³/mol. The van der Waals surface area contributed by atoms with Crippen LogP contribution in [0.1, 0.15) is 30.3 Å². The molecule has 3 N–H and O–H groups in total. The second-order valence-electron chi connectivity index (χ2n) is 3.99. The van der Waals surface area contributed by atoms with Gasteiger partial charge in [0, 0.05) is 12.6 Å². The molecule has 17 heavy (non-hydrogen) atoms. The maximum atomic E-state index is 12.3. The molecule has 0 atom stereocenters. The number of rotatable bonds is 4. The van der Waals surface area contributed by atoms with Crippen LogP contribution in [0.3, 0.4) is 0 Å². The Hall–Kier alpha value is -1.33. The van der Waals surface area contributed by atoms with Crippen molar-refractivity contribution >= 4 is 23.3 Å². The molecule has 1 aromatic rings. The van der Waals surface area contributed by atoms with Crippen molar-refractivity contribution in [3.05, 3.63) is 22.8 Å². The summed E-state index contributed by atoms with van der Waals surface area (Å²) in [4.78, 5) is 18.2. The Balaban J connectivity index is 2.28. The fraction of sp³-hybridized carbons (Fsp3) is 0.455. The minimum absolute atomic E-state index is 0.128. The van der Waals surface area contributed by atoms with Crippen molar-refractivity contribution in [2.45, 2.75) is 25.8 Å². The molecular weight excluding hydrogens is 240 g/mol. The number of nitrogens with two attached hydrogens (primary N) is 1. The number of carbonyl (C=O) groups excluding carboxylic acids is 1. The summed E-state index contributed by atoms with van der Waals surface area (Å²) in [5.74, 6) is 5.58. The molecule has 6 heteroatoms. The van der Waals surface area contributed by atoms with Crippen LogP contribution in [0, 0.1) is 0 Å². The van der Waals surface area contributed by atoms with Crippen LogP contribution in [0.5, 0.6) is 0 Å². The van der Waals surface area contributed by atoms with Gasteiger partial charge < -0.3 is 10.3 Å². The van der Waals surface area contributed by atoms with Crippen LogP contribution >= 0.6 is 11.6 Å². The molecule has 1 saturated carbocycles. The summed E-state index contributed by atoms with van der Waals surface area (Å²) >= 11 is 6.00. The molecule has 0 spiro atoms. The second-order valence-corrected chi connectivity index (χ2v) is 4.40. The number of aromatic nitrogens is 1. The molecule has 2 rings (SSSR count). The van der Waals surface area contributed by atoms with Gasteiger partial charge in [0.2, 0.25) is 0 Å². The van der Waals surface area contributed by atoms with Gasteiger partial charge in [-0.25, -0.2) is 10.8 Å². The first-order chi connectivity index (χ1) is 8.17. The van der Waals surface area contributed by atoms with Gasteiger partial charge in [0.25, 0.3) is 5.91 Å². The lowest BCUT2D eigenvalue weighted by Crippen LogP contribution is -2.33. The number of anilines is 1. The number of nitrogen functional groups attached to an aromatic ring is 1. The highest BCUT2D eigenvalue weighted by atomic mass is 35.5. The van der Waals surface area contributed by atoms with Crippen LogP contribution in [0.15, 0.2) is 12.1 Å². The molecular formula is C11H15ClN4O. The van der Waals surface area contributed by atoms with Crippen molar-refractivity contribution in [3.8, 4) is 0 Å². The first kappa shape index (κ1) is 12.1. The van der Waals surface area contributed by atoms with E-state index in [4.69, 9.17) is 17.4 Å². The standard InChI is InChI=1S/C11H15ClN4O/c1-2-16(7-3-4-7)11(17)10-8(12)5-6-9(14-10)15-13/h5-7H,2-4,13H2,1H3,(H,14,15). The maximum Gasteiger partial charge on any atom is 0.274 e. The third kappa shape index (κ3) is 2.50. The molecule has 1 fully saturated rings. The summed E-state index contributed by atoms with van der Waals surface area (Å²) in [5, 5.41) is 0.355. The number of pyridine rings is 1. The average molecular weight is 255 g/mol. The van der Waals surface area contributed by atoms with E-state index in [-0.39, 0.29) is 11.6 Å². The van der Waals surface area contributed by atoms with Gasteiger partial charge in [-0.05, 0) is 31.9 Å². The lowest BCUT2D eigenvalue weighted by molar-refractivity contribution is 0.0747. The average Bonchev–Trinajstić information content (AvgIpc) is 3.15. The molecule has 1 aromatic heterocycles. The molecule has 0 aromatic carbocycles. The molecule has 0 bridgehead atoms. The van der Waals surface area contributed by atoms with Gasteiger partial charge in [0.15, 0.2) is 0 Å². The van der Waals surface area contributed by atoms with Gasteiger partial charge in [-0.15, -0.1) is 0 Å². The van der Waals surface area contributed by atoms with E-state index >= 15 is 0 Å². The van der Waals surface area contributed by atoms with Crippen molar-refractivity contribution in [2.75, 3.05) is 12.0 Å². The minimum atomic E-state index is -0.128. The summed E-state index contributed by atoms with van der Waals surface area (Å²) in [5.41, 5.74) is 2.67. The normalized spacial score (nSPS) is 14.5. The minimum Gasteiger partial charge on any atom is -0.335 e. The summed E-state index contributed by atoms with van der Waals surface area (Å²) < 4.78 is 0. The smallest absolute Gasteiger partial charge is 0.274 e. The fourth-order valence-corrected chi connectivity index (χ4v) is 1.95. The Morgan fingerprint density at radius 3 is 2.88 bits per heavy atom. The van der Waals surface area contributed by atoms with E-state index in [1.807, 2.05) is 6.92 Å². The van der Waals surface area contributed by atoms with Crippen LogP contribution < -0.4 is 11.3 Å². The largest absolute Gasteiger partial charge is 0.335 e. The molecule has 92 valence electrons. The summed E-state index contributed by atoms with van der Waals surface area (Å²) in [7, 11) is 0. The predicted octanol–water partition coefficient (Wildman–Crippen LogP) is 1.65. The van der Waals surface area contributed by atoms with Crippen molar-refractivity contribution in [1.82, 2.24) is 9.88 Å². The number of amides is 1. The third-order valence-electron chi connectivity index (χ3n) is 2.79. The third-order valence-corrected chi connectivity index (χ3v) is 3.09. The van der Waals surface area contributed by atoms with Gasteiger partial charge in [-0.1, -0.05) is 11.6 Å².